The van der Waals surface area contributed by atoms with Gasteiger partial charge in [0, 0.05) is 16.7 Å². The summed E-state index contributed by atoms with van der Waals surface area (Å²) < 4.78 is 13.0. The smallest absolute Gasteiger partial charge is 0.255 e. The van der Waals surface area contributed by atoms with Gasteiger partial charge in [0.25, 0.3) is 5.91 Å². The molecule has 0 aromatic heterocycles. The maximum atomic E-state index is 13.0. The largest absolute Gasteiger partial charge is 0.321 e. The number of halogens is 1. The number of amides is 1. The van der Waals surface area contributed by atoms with Crippen LogP contribution in [-0.4, -0.2) is 11.7 Å². The van der Waals surface area contributed by atoms with Crippen LogP contribution in [-0.2, 0) is 0 Å². The topological polar surface area (TPSA) is 46.2 Å². The molecule has 4 heteroatoms. The minimum Gasteiger partial charge on any atom is -0.321 e. The number of carbonyl (C=O) groups is 2. The first-order valence-corrected chi connectivity index (χ1v) is 7.82. The van der Waals surface area contributed by atoms with Crippen LogP contribution in [0.1, 0.15) is 31.8 Å². The lowest BCUT2D eigenvalue weighted by molar-refractivity contribution is 0.102. The Kier molecular flexibility index (Phi) is 4.70. The van der Waals surface area contributed by atoms with Crippen LogP contribution in [0.2, 0.25) is 0 Å². The third kappa shape index (κ3) is 3.80. The predicted molar refractivity (Wildman–Crippen MR) is 95.4 cm³/mol. The Morgan fingerprint density at radius 2 is 1.52 bits per heavy atom. The Labute approximate surface area is 145 Å². The van der Waals surface area contributed by atoms with Gasteiger partial charge in [-0.2, -0.15) is 0 Å². The van der Waals surface area contributed by atoms with E-state index < -0.39 is 11.7 Å². The quantitative estimate of drug-likeness (QED) is 0.708. The van der Waals surface area contributed by atoms with E-state index in [1.165, 1.54) is 24.3 Å². The average molecular weight is 333 g/mol. The normalized spacial score (nSPS) is 10.3. The summed E-state index contributed by atoms with van der Waals surface area (Å²) in [7, 11) is 0. The molecule has 3 rings (SSSR count). The molecule has 0 heterocycles. The van der Waals surface area contributed by atoms with E-state index in [9.17, 15) is 14.0 Å². The van der Waals surface area contributed by atoms with Gasteiger partial charge in [-0.3, -0.25) is 9.59 Å². The van der Waals surface area contributed by atoms with Gasteiger partial charge in [-0.25, -0.2) is 4.39 Å². The number of ketones is 1. The lowest BCUT2D eigenvalue weighted by Crippen LogP contribution is -2.15. The first-order chi connectivity index (χ1) is 12.0. The van der Waals surface area contributed by atoms with Crippen molar-refractivity contribution < 1.29 is 14.0 Å². The monoisotopic (exact) mass is 333 g/mol. The zero-order valence-electron chi connectivity index (χ0n) is 13.6. The molecule has 0 aliphatic rings. The summed E-state index contributed by atoms with van der Waals surface area (Å²) in [6, 6.07) is 19.4. The second-order valence-electron chi connectivity index (χ2n) is 5.71. The number of hydrogen-bond acceptors (Lipinski definition) is 2. The molecule has 3 aromatic rings. The van der Waals surface area contributed by atoms with Crippen LogP contribution in [0, 0.1) is 12.7 Å². The fourth-order valence-corrected chi connectivity index (χ4v) is 2.50. The number of carbonyl (C=O) groups excluding carboxylic acids is 2. The zero-order chi connectivity index (χ0) is 17.8. The fourth-order valence-electron chi connectivity index (χ4n) is 2.50. The van der Waals surface area contributed by atoms with Crippen LogP contribution in [0.25, 0.3) is 0 Å². The summed E-state index contributed by atoms with van der Waals surface area (Å²) in [6.07, 6.45) is 0. The third-order valence-electron chi connectivity index (χ3n) is 3.81. The van der Waals surface area contributed by atoms with Crippen molar-refractivity contribution in [3.8, 4) is 0 Å². The van der Waals surface area contributed by atoms with Crippen molar-refractivity contribution in [1.29, 1.82) is 0 Å². The van der Waals surface area contributed by atoms with Crippen molar-refractivity contribution in [2.24, 2.45) is 0 Å². The minimum absolute atomic E-state index is 0.168. The molecule has 0 radical (unpaired) electrons. The lowest BCUT2D eigenvalue weighted by atomic mass is 9.99. The fraction of sp³-hybridized carbons (Fsp3) is 0.0476. The molecule has 25 heavy (non-hydrogen) atoms. The lowest BCUT2D eigenvalue weighted by Gasteiger charge is -2.12. The summed E-state index contributed by atoms with van der Waals surface area (Å²) in [4.78, 5) is 25.2. The van der Waals surface area contributed by atoms with E-state index in [4.69, 9.17) is 0 Å². The molecule has 0 bridgehead atoms. The Morgan fingerprint density at radius 1 is 0.840 bits per heavy atom. The maximum absolute atomic E-state index is 13.0. The van der Waals surface area contributed by atoms with E-state index >= 15 is 0 Å². The highest BCUT2D eigenvalue weighted by atomic mass is 19.1. The van der Waals surface area contributed by atoms with Gasteiger partial charge in [0.05, 0.1) is 5.69 Å². The van der Waals surface area contributed by atoms with Crippen molar-refractivity contribution in [3.63, 3.8) is 0 Å². The van der Waals surface area contributed by atoms with E-state index in [0.29, 0.717) is 22.4 Å². The molecule has 0 aliphatic carbocycles. The van der Waals surface area contributed by atoms with Crippen molar-refractivity contribution in [1.82, 2.24) is 0 Å². The van der Waals surface area contributed by atoms with Crippen LogP contribution in [0.15, 0.2) is 72.8 Å². The van der Waals surface area contributed by atoms with Crippen LogP contribution >= 0.6 is 0 Å². The summed E-state index contributed by atoms with van der Waals surface area (Å²) in [5, 5.41) is 2.74. The Hall–Kier alpha value is -3.27. The van der Waals surface area contributed by atoms with Crippen molar-refractivity contribution in [2.45, 2.75) is 6.92 Å². The molecule has 0 fully saturated rings. The van der Waals surface area contributed by atoms with E-state index in [-0.39, 0.29) is 5.78 Å². The van der Waals surface area contributed by atoms with Crippen LogP contribution in [0.4, 0.5) is 10.1 Å². The maximum Gasteiger partial charge on any atom is 0.255 e. The predicted octanol–water partition coefficient (Wildman–Crippen LogP) is 4.62. The second-order valence-corrected chi connectivity index (χ2v) is 5.71. The van der Waals surface area contributed by atoms with Gasteiger partial charge in [0.15, 0.2) is 5.78 Å². The molecule has 124 valence electrons. The second kappa shape index (κ2) is 7.09. The van der Waals surface area contributed by atoms with Crippen molar-refractivity contribution in [2.75, 3.05) is 5.32 Å². The number of anilines is 1. The molecule has 3 nitrogen and oxygen atoms in total. The molecule has 0 saturated carbocycles. The van der Waals surface area contributed by atoms with Gasteiger partial charge in [0.2, 0.25) is 0 Å². The standard InChI is InChI=1S/C21H16FNO2/c1-14-7-12-19(23-21(25)16-8-10-17(22)11-9-16)18(13-14)20(24)15-5-3-2-4-6-15/h2-13H,1H3,(H,23,25). The highest BCUT2D eigenvalue weighted by molar-refractivity contribution is 6.15. The van der Waals surface area contributed by atoms with Gasteiger partial charge >= 0.3 is 0 Å². The van der Waals surface area contributed by atoms with Gasteiger partial charge in [0.1, 0.15) is 5.82 Å². The number of rotatable bonds is 4. The highest BCUT2D eigenvalue weighted by Gasteiger charge is 2.16. The summed E-state index contributed by atoms with van der Waals surface area (Å²) in [5.41, 5.74) is 2.62. The van der Waals surface area contributed by atoms with E-state index in [2.05, 4.69) is 5.32 Å². The van der Waals surface area contributed by atoms with Gasteiger partial charge < -0.3 is 5.32 Å². The van der Waals surface area contributed by atoms with Gasteiger partial charge in [-0.05, 0) is 43.3 Å². The Morgan fingerprint density at radius 3 is 2.20 bits per heavy atom. The molecule has 0 aliphatic heterocycles. The Balaban J connectivity index is 1.93. The molecule has 3 aromatic carbocycles. The number of nitrogens with one attached hydrogen (secondary N) is 1. The zero-order valence-corrected chi connectivity index (χ0v) is 13.6. The van der Waals surface area contributed by atoms with Crippen molar-refractivity contribution in [3.05, 3.63) is 101 Å². The van der Waals surface area contributed by atoms with E-state index in [0.717, 1.165) is 5.56 Å². The van der Waals surface area contributed by atoms with Crippen LogP contribution < -0.4 is 5.32 Å². The number of hydrogen-bond donors (Lipinski definition) is 1. The number of benzene rings is 3. The molecule has 0 saturated heterocycles. The molecule has 0 unspecified atom stereocenters. The molecular weight excluding hydrogens is 317 g/mol. The van der Waals surface area contributed by atoms with E-state index in [1.54, 1.807) is 36.4 Å². The molecule has 0 spiro atoms. The van der Waals surface area contributed by atoms with Crippen molar-refractivity contribution >= 4 is 17.4 Å². The summed E-state index contributed by atoms with van der Waals surface area (Å²) in [6.45, 7) is 1.88. The Bertz CT molecular complexity index is 918. The van der Waals surface area contributed by atoms with Crippen LogP contribution in [0.5, 0.6) is 0 Å². The minimum atomic E-state index is -0.410. The third-order valence-corrected chi connectivity index (χ3v) is 3.81. The van der Waals surface area contributed by atoms with Crippen LogP contribution in [0.3, 0.4) is 0 Å². The molecule has 0 atom stereocenters. The first-order valence-electron chi connectivity index (χ1n) is 7.82. The van der Waals surface area contributed by atoms with Gasteiger partial charge in [-0.15, -0.1) is 0 Å². The average Bonchev–Trinajstić information content (AvgIpc) is 2.64. The molecular formula is C21H16FNO2. The molecule has 1 amide bonds. The number of aryl methyl sites for hydroxylation is 1. The van der Waals surface area contributed by atoms with E-state index in [1.807, 2.05) is 19.1 Å². The van der Waals surface area contributed by atoms with Gasteiger partial charge in [-0.1, -0.05) is 42.0 Å². The molecule has 1 N–H and O–H groups in total. The first kappa shape index (κ1) is 16.6. The summed E-state index contributed by atoms with van der Waals surface area (Å²) >= 11 is 0. The summed E-state index contributed by atoms with van der Waals surface area (Å²) in [5.74, 6) is -0.975. The highest BCUT2D eigenvalue weighted by Crippen LogP contribution is 2.22. The SMILES string of the molecule is Cc1ccc(NC(=O)c2ccc(F)cc2)c(C(=O)c2ccccc2)c1.